The summed E-state index contributed by atoms with van der Waals surface area (Å²) in [6.07, 6.45) is 4.92. The summed E-state index contributed by atoms with van der Waals surface area (Å²) in [5.41, 5.74) is 1.71. The molecular formula is C11H10FN3. The quantitative estimate of drug-likeness (QED) is 0.831. The Labute approximate surface area is 87.0 Å². The van der Waals surface area contributed by atoms with Gasteiger partial charge in [-0.2, -0.15) is 0 Å². The number of hydrogen-bond donors (Lipinski definition) is 1. The van der Waals surface area contributed by atoms with Crippen LogP contribution in [0, 0.1) is 5.82 Å². The molecule has 0 amide bonds. The Balaban J connectivity index is 1.99. The third-order valence-corrected chi connectivity index (χ3v) is 1.94. The number of rotatable bonds is 3. The first kappa shape index (κ1) is 9.58. The third-order valence-electron chi connectivity index (χ3n) is 1.94. The fraction of sp³-hybridized carbons (Fsp3) is 0.0909. The summed E-state index contributed by atoms with van der Waals surface area (Å²) in [7, 11) is 0. The first-order valence-corrected chi connectivity index (χ1v) is 4.58. The molecule has 15 heavy (non-hydrogen) atoms. The second kappa shape index (κ2) is 4.50. The number of anilines is 1. The average molecular weight is 203 g/mol. The van der Waals surface area contributed by atoms with E-state index in [0.717, 1.165) is 11.3 Å². The zero-order valence-corrected chi connectivity index (χ0v) is 8.02. The van der Waals surface area contributed by atoms with E-state index in [1.807, 2.05) is 6.07 Å². The van der Waals surface area contributed by atoms with Crippen molar-refractivity contribution in [1.82, 2.24) is 9.97 Å². The molecule has 0 saturated carbocycles. The zero-order chi connectivity index (χ0) is 10.5. The van der Waals surface area contributed by atoms with Crippen LogP contribution in [0.15, 0.2) is 43.0 Å². The molecule has 3 nitrogen and oxygen atoms in total. The van der Waals surface area contributed by atoms with Gasteiger partial charge < -0.3 is 5.32 Å². The van der Waals surface area contributed by atoms with Crippen LogP contribution >= 0.6 is 0 Å². The molecule has 1 heterocycles. The lowest BCUT2D eigenvalue weighted by atomic mass is 10.3. The predicted molar refractivity (Wildman–Crippen MR) is 55.8 cm³/mol. The molecule has 76 valence electrons. The molecule has 1 aromatic carbocycles. The van der Waals surface area contributed by atoms with Crippen LogP contribution in [0.4, 0.5) is 10.1 Å². The molecule has 4 heteroatoms. The second-order valence-corrected chi connectivity index (χ2v) is 3.11. The van der Waals surface area contributed by atoms with E-state index in [1.54, 1.807) is 18.5 Å². The van der Waals surface area contributed by atoms with Crippen LogP contribution in [0.2, 0.25) is 0 Å². The molecule has 1 N–H and O–H groups in total. The van der Waals surface area contributed by atoms with Gasteiger partial charge >= 0.3 is 0 Å². The number of nitrogens with zero attached hydrogens (tertiary/aromatic N) is 2. The fourth-order valence-corrected chi connectivity index (χ4v) is 1.22. The predicted octanol–water partition coefficient (Wildman–Crippen LogP) is 2.23. The number of hydrogen-bond acceptors (Lipinski definition) is 3. The minimum absolute atomic E-state index is 0.246. The van der Waals surface area contributed by atoms with Gasteiger partial charge in [-0.25, -0.2) is 14.4 Å². The summed E-state index contributed by atoms with van der Waals surface area (Å²) in [6.45, 7) is 0.588. The van der Waals surface area contributed by atoms with Gasteiger partial charge in [0, 0.05) is 30.2 Å². The molecule has 0 aliphatic rings. The Bertz CT molecular complexity index is 431. The van der Waals surface area contributed by atoms with Crippen molar-refractivity contribution in [1.29, 1.82) is 0 Å². The monoisotopic (exact) mass is 203 g/mol. The van der Waals surface area contributed by atoms with Gasteiger partial charge in [-0.15, -0.1) is 0 Å². The van der Waals surface area contributed by atoms with Crippen LogP contribution < -0.4 is 5.32 Å². The Morgan fingerprint density at radius 3 is 2.73 bits per heavy atom. The summed E-state index contributed by atoms with van der Waals surface area (Å²) >= 11 is 0. The van der Waals surface area contributed by atoms with Gasteiger partial charge in [0.05, 0.1) is 0 Å². The Kier molecular flexibility index (Phi) is 2.88. The molecule has 0 spiro atoms. The van der Waals surface area contributed by atoms with Crippen molar-refractivity contribution in [2.75, 3.05) is 5.32 Å². The van der Waals surface area contributed by atoms with E-state index in [0.29, 0.717) is 6.54 Å². The normalized spacial score (nSPS) is 9.93. The molecule has 2 rings (SSSR count). The third kappa shape index (κ3) is 2.74. The molecule has 0 bridgehead atoms. The van der Waals surface area contributed by atoms with Crippen LogP contribution in [0.3, 0.4) is 0 Å². The Hall–Kier alpha value is -1.97. The average Bonchev–Trinajstić information content (AvgIpc) is 2.28. The molecule has 0 saturated heterocycles. The lowest BCUT2D eigenvalue weighted by molar-refractivity contribution is 0.628. The van der Waals surface area contributed by atoms with Crippen LogP contribution in [0.5, 0.6) is 0 Å². The molecule has 0 aliphatic heterocycles. The first-order chi connectivity index (χ1) is 7.34. The van der Waals surface area contributed by atoms with E-state index >= 15 is 0 Å². The largest absolute Gasteiger partial charge is 0.381 e. The number of benzene rings is 1. The zero-order valence-electron chi connectivity index (χ0n) is 8.02. The van der Waals surface area contributed by atoms with E-state index in [2.05, 4.69) is 15.3 Å². The van der Waals surface area contributed by atoms with Gasteiger partial charge in [0.1, 0.15) is 12.1 Å². The fourth-order valence-electron chi connectivity index (χ4n) is 1.22. The van der Waals surface area contributed by atoms with Crippen molar-refractivity contribution in [2.45, 2.75) is 6.54 Å². The maximum Gasteiger partial charge on any atom is 0.125 e. The van der Waals surface area contributed by atoms with Crippen molar-refractivity contribution < 1.29 is 4.39 Å². The molecule has 0 aliphatic carbocycles. The van der Waals surface area contributed by atoms with Crippen LogP contribution in [-0.4, -0.2) is 9.97 Å². The minimum Gasteiger partial charge on any atom is -0.381 e. The maximum absolute atomic E-state index is 12.8. The highest BCUT2D eigenvalue weighted by Crippen LogP contribution is 2.10. The topological polar surface area (TPSA) is 37.8 Å². The van der Waals surface area contributed by atoms with Gasteiger partial charge in [0.25, 0.3) is 0 Å². The second-order valence-electron chi connectivity index (χ2n) is 3.11. The molecule has 0 radical (unpaired) electrons. The lowest BCUT2D eigenvalue weighted by Crippen LogP contribution is -2.00. The maximum atomic E-state index is 12.8. The molecule has 0 unspecified atom stereocenters. The minimum atomic E-state index is -0.246. The Morgan fingerprint density at radius 2 is 2.00 bits per heavy atom. The van der Waals surface area contributed by atoms with E-state index < -0.39 is 0 Å². The molecule has 2 aromatic rings. The highest BCUT2D eigenvalue weighted by atomic mass is 19.1. The summed E-state index contributed by atoms with van der Waals surface area (Å²) in [6, 6.07) is 6.34. The van der Waals surface area contributed by atoms with Gasteiger partial charge in [-0.3, -0.25) is 0 Å². The van der Waals surface area contributed by atoms with Crippen molar-refractivity contribution in [3.05, 3.63) is 54.4 Å². The van der Waals surface area contributed by atoms with E-state index in [1.165, 1.54) is 18.5 Å². The lowest BCUT2D eigenvalue weighted by Gasteiger charge is -2.05. The van der Waals surface area contributed by atoms with Crippen molar-refractivity contribution in [3.63, 3.8) is 0 Å². The number of halogens is 1. The molecule has 0 atom stereocenters. The smallest absolute Gasteiger partial charge is 0.125 e. The van der Waals surface area contributed by atoms with Crippen molar-refractivity contribution >= 4 is 5.69 Å². The highest BCUT2D eigenvalue weighted by Gasteiger charge is 1.95. The first-order valence-electron chi connectivity index (χ1n) is 4.58. The van der Waals surface area contributed by atoms with Crippen molar-refractivity contribution in [2.24, 2.45) is 0 Å². The number of aromatic nitrogens is 2. The SMILES string of the molecule is Fc1cccc(NCc2cncnc2)c1. The summed E-state index contributed by atoms with van der Waals surface area (Å²) in [5.74, 6) is -0.246. The molecule has 1 aromatic heterocycles. The molecular weight excluding hydrogens is 193 g/mol. The van der Waals surface area contributed by atoms with Gasteiger partial charge in [0.15, 0.2) is 0 Å². The summed E-state index contributed by atoms with van der Waals surface area (Å²) in [4.78, 5) is 7.78. The van der Waals surface area contributed by atoms with Gasteiger partial charge in [-0.05, 0) is 18.2 Å². The Morgan fingerprint density at radius 1 is 1.20 bits per heavy atom. The number of nitrogens with one attached hydrogen (secondary N) is 1. The van der Waals surface area contributed by atoms with Gasteiger partial charge in [0.2, 0.25) is 0 Å². The van der Waals surface area contributed by atoms with Crippen LogP contribution in [0.25, 0.3) is 0 Å². The van der Waals surface area contributed by atoms with Gasteiger partial charge in [-0.1, -0.05) is 6.07 Å². The summed E-state index contributed by atoms with van der Waals surface area (Å²) in [5, 5.41) is 3.08. The van der Waals surface area contributed by atoms with Crippen LogP contribution in [-0.2, 0) is 6.54 Å². The highest BCUT2D eigenvalue weighted by molar-refractivity contribution is 5.43. The van der Waals surface area contributed by atoms with E-state index in [9.17, 15) is 4.39 Å². The molecule has 0 fully saturated rings. The van der Waals surface area contributed by atoms with Crippen molar-refractivity contribution in [3.8, 4) is 0 Å². The van der Waals surface area contributed by atoms with E-state index in [4.69, 9.17) is 0 Å². The standard InChI is InChI=1S/C11H10FN3/c12-10-2-1-3-11(4-10)15-7-9-5-13-8-14-6-9/h1-6,8,15H,7H2. The summed E-state index contributed by atoms with van der Waals surface area (Å²) < 4.78 is 12.8. The van der Waals surface area contributed by atoms with Crippen LogP contribution in [0.1, 0.15) is 5.56 Å². The van der Waals surface area contributed by atoms with E-state index in [-0.39, 0.29) is 5.82 Å².